The highest BCUT2D eigenvalue weighted by atomic mass is 35.5. The molecule has 0 atom stereocenters. The molecule has 1 N–H and O–H groups in total. The van der Waals surface area contributed by atoms with Crippen molar-refractivity contribution in [1.29, 1.82) is 5.26 Å². The van der Waals surface area contributed by atoms with Crippen LogP contribution in [0.2, 0.25) is 5.02 Å². The molecule has 1 aliphatic rings. The summed E-state index contributed by atoms with van der Waals surface area (Å²) in [5.74, 6) is 1.87. The molecule has 0 radical (unpaired) electrons. The van der Waals surface area contributed by atoms with Gasteiger partial charge in [-0.05, 0) is 24.3 Å². The fraction of sp³-hybridized carbons (Fsp3) is 0.269. The number of imidazole rings is 1. The van der Waals surface area contributed by atoms with Gasteiger partial charge in [-0.3, -0.25) is 9.88 Å². The minimum absolute atomic E-state index is 0.138. The molecule has 11 heteroatoms. The van der Waals surface area contributed by atoms with Gasteiger partial charge in [0.05, 0.1) is 21.8 Å². The zero-order valence-corrected chi connectivity index (χ0v) is 22.5. The van der Waals surface area contributed by atoms with Crippen LogP contribution in [0.3, 0.4) is 0 Å². The molecule has 3 heterocycles. The van der Waals surface area contributed by atoms with Gasteiger partial charge in [-0.15, -0.1) is 0 Å². The largest absolute Gasteiger partial charge is 0.489 e. The quantitative estimate of drug-likeness (QED) is 0.286. The van der Waals surface area contributed by atoms with E-state index in [0.717, 1.165) is 41.2 Å². The summed E-state index contributed by atoms with van der Waals surface area (Å²) in [4.78, 5) is 11.8. The van der Waals surface area contributed by atoms with Gasteiger partial charge in [0, 0.05) is 78.8 Å². The second-order valence-corrected chi connectivity index (χ2v) is 11.1. The Hall–Kier alpha value is -2.97. The third-order valence-electron chi connectivity index (χ3n) is 5.99. The van der Waals surface area contributed by atoms with E-state index < -0.39 is 5.82 Å². The Bertz CT molecular complexity index is 1470. The molecule has 0 bridgehead atoms. The number of benzene rings is 2. The minimum Gasteiger partial charge on any atom is -0.489 e. The lowest BCUT2D eigenvalue weighted by Gasteiger charge is -2.25. The van der Waals surface area contributed by atoms with Crippen LogP contribution >= 0.6 is 35.1 Å². The third-order valence-corrected chi connectivity index (χ3v) is 8.51. The van der Waals surface area contributed by atoms with Gasteiger partial charge in [-0.2, -0.15) is 17.0 Å². The number of thioether (sulfide) groups is 1. The van der Waals surface area contributed by atoms with Crippen LogP contribution < -0.4 is 10.1 Å². The van der Waals surface area contributed by atoms with Crippen molar-refractivity contribution in [2.45, 2.75) is 10.1 Å². The highest BCUT2D eigenvalue weighted by Gasteiger charge is 2.16. The van der Waals surface area contributed by atoms with Gasteiger partial charge >= 0.3 is 0 Å². The SMILES string of the molecule is Cn1ccnc1Sc1ccc(Nc2c(C#N)cnc3cc(F)c(OCCN4CCSCC4)cc23)cc1Cl. The number of ether oxygens (including phenoxy) is 1. The second-order valence-electron chi connectivity index (χ2n) is 8.45. The van der Waals surface area contributed by atoms with E-state index in [0.29, 0.717) is 39.5 Å². The molecule has 1 fully saturated rings. The number of halogens is 2. The van der Waals surface area contributed by atoms with Crippen LogP contribution in [0, 0.1) is 17.1 Å². The Morgan fingerprint density at radius 1 is 1.24 bits per heavy atom. The molecule has 0 saturated carbocycles. The van der Waals surface area contributed by atoms with Gasteiger partial charge in [0.25, 0.3) is 0 Å². The Morgan fingerprint density at radius 2 is 2.08 bits per heavy atom. The van der Waals surface area contributed by atoms with E-state index in [1.165, 1.54) is 24.0 Å². The van der Waals surface area contributed by atoms with E-state index in [9.17, 15) is 9.65 Å². The van der Waals surface area contributed by atoms with Crippen LogP contribution in [0.25, 0.3) is 10.9 Å². The minimum atomic E-state index is -0.483. The lowest BCUT2D eigenvalue weighted by atomic mass is 10.1. The summed E-state index contributed by atoms with van der Waals surface area (Å²) in [6.45, 7) is 3.14. The molecule has 0 unspecified atom stereocenters. The molecule has 4 aromatic rings. The van der Waals surface area contributed by atoms with Crippen molar-refractivity contribution >= 4 is 57.4 Å². The number of hydrogen-bond acceptors (Lipinski definition) is 8. The van der Waals surface area contributed by atoms with Crippen molar-refractivity contribution in [3.8, 4) is 11.8 Å². The van der Waals surface area contributed by atoms with Crippen LogP contribution in [-0.2, 0) is 7.05 Å². The smallest absolute Gasteiger partial charge is 0.172 e. The standard InChI is InChI=1S/C26H24ClFN6OS2/c1-33-5-4-30-26(33)37-24-3-2-18(12-20(24)27)32-25-17(15-29)16-31-22-14-21(28)23(13-19(22)25)35-9-6-34-7-10-36-11-8-34/h2-5,12-14,16H,6-11H2,1H3,(H,31,32). The Labute approximate surface area is 228 Å². The molecule has 0 spiro atoms. The zero-order chi connectivity index (χ0) is 25.8. The fourth-order valence-electron chi connectivity index (χ4n) is 3.99. The van der Waals surface area contributed by atoms with E-state index in [4.69, 9.17) is 16.3 Å². The summed E-state index contributed by atoms with van der Waals surface area (Å²) >= 11 is 9.98. The fourth-order valence-corrected chi connectivity index (χ4v) is 6.07. The first kappa shape index (κ1) is 25.7. The highest BCUT2D eigenvalue weighted by Crippen LogP contribution is 2.37. The molecular weight excluding hydrogens is 531 g/mol. The Kier molecular flexibility index (Phi) is 8.05. The topological polar surface area (TPSA) is 79.0 Å². The van der Waals surface area contributed by atoms with Crippen LogP contribution in [0.4, 0.5) is 15.8 Å². The predicted molar refractivity (Wildman–Crippen MR) is 148 cm³/mol. The number of rotatable bonds is 8. The number of aromatic nitrogens is 3. The first-order valence-electron chi connectivity index (χ1n) is 11.7. The van der Waals surface area contributed by atoms with Crippen molar-refractivity contribution in [3.05, 3.63) is 65.3 Å². The molecule has 1 aliphatic heterocycles. The molecule has 5 rings (SSSR count). The number of nitrogens with zero attached hydrogens (tertiary/aromatic N) is 5. The third kappa shape index (κ3) is 5.96. The maximum Gasteiger partial charge on any atom is 0.172 e. The van der Waals surface area contributed by atoms with E-state index in [1.54, 1.807) is 18.3 Å². The predicted octanol–water partition coefficient (Wildman–Crippen LogP) is 5.95. The van der Waals surface area contributed by atoms with Crippen LogP contribution in [-0.4, -0.2) is 57.2 Å². The molecular formula is C26H24ClFN6OS2. The lowest BCUT2D eigenvalue weighted by Crippen LogP contribution is -2.35. The average molecular weight is 555 g/mol. The van der Waals surface area contributed by atoms with Gasteiger partial charge in [0.1, 0.15) is 12.7 Å². The van der Waals surface area contributed by atoms with E-state index in [2.05, 4.69) is 26.3 Å². The van der Waals surface area contributed by atoms with Crippen molar-refractivity contribution in [1.82, 2.24) is 19.4 Å². The summed E-state index contributed by atoms with van der Waals surface area (Å²) < 4.78 is 22.6. The summed E-state index contributed by atoms with van der Waals surface area (Å²) in [5.41, 5.74) is 1.96. The van der Waals surface area contributed by atoms with Crippen molar-refractivity contribution in [2.24, 2.45) is 7.05 Å². The first-order valence-corrected chi connectivity index (χ1v) is 14.0. The van der Waals surface area contributed by atoms with Crippen molar-refractivity contribution < 1.29 is 9.13 Å². The average Bonchev–Trinajstić information content (AvgIpc) is 3.31. The first-order chi connectivity index (χ1) is 18.0. The maximum absolute atomic E-state index is 14.8. The molecule has 190 valence electrons. The van der Waals surface area contributed by atoms with Crippen LogP contribution in [0.15, 0.2) is 59.0 Å². The number of nitriles is 1. The van der Waals surface area contributed by atoms with Gasteiger partial charge < -0.3 is 14.6 Å². The molecule has 2 aromatic carbocycles. The number of aryl methyl sites for hydroxylation is 1. The van der Waals surface area contributed by atoms with Crippen molar-refractivity contribution in [3.63, 3.8) is 0 Å². The van der Waals surface area contributed by atoms with Gasteiger partial charge in [0.15, 0.2) is 16.7 Å². The van der Waals surface area contributed by atoms with E-state index in [1.807, 2.05) is 41.7 Å². The highest BCUT2D eigenvalue weighted by molar-refractivity contribution is 7.99. The number of nitrogens with one attached hydrogen (secondary N) is 1. The normalized spacial score (nSPS) is 14.0. The lowest BCUT2D eigenvalue weighted by molar-refractivity contribution is 0.217. The molecule has 2 aromatic heterocycles. The molecule has 0 aliphatic carbocycles. The summed E-state index contributed by atoms with van der Waals surface area (Å²) in [5, 5.41) is 15.0. The van der Waals surface area contributed by atoms with E-state index >= 15 is 0 Å². The summed E-state index contributed by atoms with van der Waals surface area (Å²) in [6, 6.07) is 10.7. The van der Waals surface area contributed by atoms with Gasteiger partial charge in [-0.1, -0.05) is 23.4 Å². The van der Waals surface area contributed by atoms with Gasteiger partial charge in [0.2, 0.25) is 0 Å². The molecule has 7 nitrogen and oxygen atoms in total. The summed E-state index contributed by atoms with van der Waals surface area (Å²) in [6.07, 6.45) is 5.04. The van der Waals surface area contributed by atoms with E-state index in [-0.39, 0.29) is 5.75 Å². The van der Waals surface area contributed by atoms with Crippen LogP contribution in [0.5, 0.6) is 5.75 Å². The monoisotopic (exact) mass is 554 g/mol. The second kappa shape index (κ2) is 11.6. The maximum atomic E-state index is 14.8. The number of fused-ring (bicyclic) bond motifs is 1. The Morgan fingerprint density at radius 3 is 2.81 bits per heavy atom. The molecule has 37 heavy (non-hydrogen) atoms. The zero-order valence-electron chi connectivity index (χ0n) is 20.1. The molecule has 1 saturated heterocycles. The molecule has 0 amide bonds. The Balaban J connectivity index is 1.39. The number of pyridine rings is 1. The van der Waals surface area contributed by atoms with Crippen LogP contribution in [0.1, 0.15) is 5.56 Å². The number of anilines is 2. The summed E-state index contributed by atoms with van der Waals surface area (Å²) in [7, 11) is 1.92. The van der Waals surface area contributed by atoms with Crippen molar-refractivity contribution in [2.75, 3.05) is 43.1 Å². The number of hydrogen-bond donors (Lipinski definition) is 1. The van der Waals surface area contributed by atoms with Gasteiger partial charge in [-0.25, -0.2) is 9.37 Å².